The van der Waals surface area contributed by atoms with Crippen molar-refractivity contribution in [3.63, 3.8) is 0 Å². The van der Waals surface area contributed by atoms with Crippen LogP contribution >= 0.6 is 0 Å². The number of unbranched alkanes of at least 4 members (excludes halogenated alkanes) is 5. The van der Waals surface area contributed by atoms with Gasteiger partial charge in [-0.2, -0.15) is 0 Å². The van der Waals surface area contributed by atoms with Crippen LogP contribution in [0.5, 0.6) is 0 Å². The van der Waals surface area contributed by atoms with Crippen molar-refractivity contribution in [2.75, 3.05) is 0 Å². The predicted molar refractivity (Wildman–Crippen MR) is 80.7 cm³/mol. The molecular formula is C16H32O4. The van der Waals surface area contributed by atoms with Gasteiger partial charge in [0.25, 0.3) is 0 Å². The predicted octanol–water partition coefficient (Wildman–Crippen LogP) is 3.49. The molecule has 0 aliphatic rings. The van der Waals surface area contributed by atoms with E-state index in [1.807, 2.05) is 0 Å². The SMILES string of the molecule is CCCCCC(O)CCCCCCC(O)CCC(=O)O. The first-order valence-electron chi connectivity index (χ1n) is 8.14. The van der Waals surface area contributed by atoms with Crippen LogP contribution in [0.3, 0.4) is 0 Å². The summed E-state index contributed by atoms with van der Waals surface area (Å²) in [7, 11) is 0. The molecule has 0 heterocycles. The summed E-state index contributed by atoms with van der Waals surface area (Å²) in [5, 5.41) is 27.8. The fourth-order valence-corrected chi connectivity index (χ4v) is 2.32. The average molecular weight is 288 g/mol. The van der Waals surface area contributed by atoms with Crippen LogP contribution in [0.25, 0.3) is 0 Å². The summed E-state index contributed by atoms with van der Waals surface area (Å²) in [5.74, 6) is -0.846. The van der Waals surface area contributed by atoms with Crippen LogP contribution in [-0.4, -0.2) is 33.5 Å². The summed E-state index contributed by atoms with van der Waals surface area (Å²) >= 11 is 0. The normalized spacial score (nSPS) is 14.2. The molecule has 0 aromatic carbocycles. The Hall–Kier alpha value is -0.610. The minimum absolute atomic E-state index is 0.0467. The number of hydrogen-bond acceptors (Lipinski definition) is 3. The first kappa shape index (κ1) is 19.4. The van der Waals surface area contributed by atoms with Crippen molar-refractivity contribution in [3.8, 4) is 0 Å². The summed E-state index contributed by atoms with van der Waals surface area (Å²) in [6.45, 7) is 2.16. The summed E-state index contributed by atoms with van der Waals surface area (Å²) in [6.07, 6.45) is 9.87. The van der Waals surface area contributed by atoms with Gasteiger partial charge >= 0.3 is 5.97 Å². The van der Waals surface area contributed by atoms with Crippen LogP contribution in [0.15, 0.2) is 0 Å². The van der Waals surface area contributed by atoms with E-state index in [1.54, 1.807) is 0 Å². The highest BCUT2D eigenvalue weighted by molar-refractivity contribution is 5.66. The van der Waals surface area contributed by atoms with Crippen LogP contribution in [-0.2, 0) is 4.79 Å². The highest BCUT2D eigenvalue weighted by Gasteiger charge is 2.07. The van der Waals surface area contributed by atoms with Crippen LogP contribution in [0, 0.1) is 0 Å². The molecule has 0 rings (SSSR count). The maximum Gasteiger partial charge on any atom is 0.303 e. The number of aliphatic hydroxyl groups is 2. The fraction of sp³-hybridized carbons (Fsp3) is 0.938. The van der Waals surface area contributed by atoms with Crippen LogP contribution in [0.4, 0.5) is 0 Å². The molecule has 0 aromatic heterocycles. The number of carboxylic acids is 1. The third kappa shape index (κ3) is 13.8. The van der Waals surface area contributed by atoms with Crippen molar-refractivity contribution in [2.24, 2.45) is 0 Å². The molecule has 0 fully saturated rings. The number of rotatable bonds is 14. The second-order valence-corrected chi connectivity index (χ2v) is 5.73. The Labute approximate surface area is 123 Å². The standard InChI is InChI=1S/C16H32O4/c1-2-3-6-9-14(17)10-7-4-5-8-11-15(18)12-13-16(19)20/h14-15,17-18H,2-13H2,1H3,(H,19,20). The Kier molecular flexibility index (Phi) is 13.0. The highest BCUT2D eigenvalue weighted by atomic mass is 16.4. The Balaban J connectivity index is 3.28. The van der Waals surface area contributed by atoms with Gasteiger partial charge in [-0.3, -0.25) is 4.79 Å². The molecular weight excluding hydrogens is 256 g/mol. The average Bonchev–Trinajstić information content (AvgIpc) is 2.40. The van der Waals surface area contributed by atoms with Gasteiger partial charge in [-0.1, -0.05) is 51.9 Å². The second kappa shape index (κ2) is 13.4. The zero-order valence-corrected chi connectivity index (χ0v) is 12.9. The lowest BCUT2D eigenvalue weighted by molar-refractivity contribution is -0.137. The van der Waals surface area contributed by atoms with Crippen molar-refractivity contribution < 1.29 is 20.1 Å². The molecule has 0 aliphatic heterocycles. The van der Waals surface area contributed by atoms with Gasteiger partial charge in [-0.25, -0.2) is 0 Å². The molecule has 0 amide bonds. The van der Waals surface area contributed by atoms with Gasteiger partial charge in [0.1, 0.15) is 0 Å². The smallest absolute Gasteiger partial charge is 0.303 e. The molecule has 0 bridgehead atoms. The topological polar surface area (TPSA) is 77.8 Å². The lowest BCUT2D eigenvalue weighted by atomic mass is 10.0. The number of carboxylic acid groups (broad SMARTS) is 1. The van der Waals surface area contributed by atoms with E-state index < -0.39 is 12.1 Å². The van der Waals surface area contributed by atoms with Crippen molar-refractivity contribution in [2.45, 2.75) is 96.2 Å². The van der Waals surface area contributed by atoms with E-state index in [-0.39, 0.29) is 12.5 Å². The van der Waals surface area contributed by atoms with Crippen LogP contribution in [0.1, 0.15) is 84.0 Å². The molecule has 2 atom stereocenters. The van der Waals surface area contributed by atoms with Gasteiger partial charge in [-0.05, 0) is 25.7 Å². The van der Waals surface area contributed by atoms with E-state index in [9.17, 15) is 15.0 Å². The molecule has 20 heavy (non-hydrogen) atoms. The summed E-state index contributed by atoms with van der Waals surface area (Å²) in [4.78, 5) is 10.3. The summed E-state index contributed by atoms with van der Waals surface area (Å²) in [6, 6.07) is 0. The molecule has 4 heteroatoms. The van der Waals surface area contributed by atoms with E-state index in [0.717, 1.165) is 44.9 Å². The minimum atomic E-state index is -0.846. The molecule has 120 valence electrons. The van der Waals surface area contributed by atoms with Gasteiger partial charge in [0.05, 0.1) is 12.2 Å². The quantitative estimate of drug-likeness (QED) is 0.428. The zero-order chi connectivity index (χ0) is 15.2. The summed E-state index contributed by atoms with van der Waals surface area (Å²) in [5.41, 5.74) is 0. The van der Waals surface area contributed by atoms with Gasteiger partial charge in [0.2, 0.25) is 0 Å². The Morgan fingerprint density at radius 3 is 1.70 bits per heavy atom. The molecule has 0 spiro atoms. The molecule has 0 saturated carbocycles. The van der Waals surface area contributed by atoms with Gasteiger partial charge in [0.15, 0.2) is 0 Å². The summed E-state index contributed by atoms with van der Waals surface area (Å²) < 4.78 is 0. The largest absolute Gasteiger partial charge is 0.481 e. The lowest BCUT2D eigenvalue weighted by Crippen LogP contribution is -2.09. The lowest BCUT2D eigenvalue weighted by Gasteiger charge is -2.11. The Bertz CT molecular complexity index is 231. The van der Waals surface area contributed by atoms with Crippen LogP contribution in [0.2, 0.25) is 0 Å². The maximum absolute atomic E-state index is 10.3. The van der Waals surface area contributed by atoms with E-state index in [0.29, 0.717) is 12.8 Å². The van der Waals surface area contributed by atoms with Gasteiger partial charge < -0.3 is 15.3 Å². The molecule has 2 unspecified atom stereocenters. The molecule has 4 nitrogen and oxygen atoms in total. The fourth-order valence-electron chi connectivity index (χ4n) is 2.32. The number of aliphatic carboxylic acids is 1. The van der Waals surface area contributed by atoms with Crippen molar-refractivity contribution in [3.05, 3.63) is 0 Å². The Morgan fingerprint density at radius 2 is 1.25 bits per heavy atom. The maximum atomic E-state index is 10.3. The monoisotopic (exact) mass is 288 g/mol. The van der Waals surface area contributed by atoms with Crippen molar-refractivity contribution >= 4 is 5.97 Å². The third-order valence-corrected chi connectivity index (χ3v) is 3.66. The highest BCUT2D eigenvalue weighted by Crippen LogP contribution is 2.13. The van der Waals surface area contributed by atoms with E-state index in [2.05, 4.69) is 6.92 Å². The number of aliphatic hydroxyl groups excluding tert-OH is 2. The number of hydrogen-bond donors (Lipinski definition) is 3. The van der Waals surface area contributed by atoms with E-state index in [1.165, 1.54) is 12.8 Å². The molecule has 0 aliphatic carbocycles. The molecule has 0 aromatic rings. The Morgan fingerprint density at radius 1 is 0.800 bits per heavy atom. The second-order valence-electron chi connectivity index (χ2n) is 5.73. The van der Waals surface area contributed by atoms with E-state index in [4.69, 9.17) is 5.11 Å². The van der Waals surface area contributed by atoms with Gasteiger partial charge in [0, 0.05) is 6.42 Å². The zero-order valence-electron chi connectivity index (χ0n) is 12.9. The molecule has 0 radical (unpaired) electrons. The first-order valence-corrected chi connectivity index (χ1v) is 8.14. The van der Waals surface area contributed by atoms with Crippen LogP contribution < -0.4 is 0 Å². The molecule has 0 saturated heterocycles. The van der Waals surface area contributed by atoms with Crippen molar-refractivity contribution in [1.82, 2.24) is 0 Å². The number of carbonyl (C=O) groups is 1. The van der Waals surface area contributed by atoms with Crippen molar-refractivity contribution in [1.29, 1.82) is 0 Å². The molecule has 3 N–H and O–H groups in total. The first-order chi connectivity index (χ1) is 9.56. The van der Waals surface area contributed by atoms with E-state index >= 15 is 0 Å². The minimum Gasteiger partial charge on any atom is -0.481 e. The van der Waals surface area contributed by atoms with Gasteiger partial charge in [-0.15, -0.1) is 0 Å². The third-order valence-electron chi connectivity index (χ3n) is 3.66.